The molecule has 74 valence electrons. The lowest BCUT2D eigenvalue weighted by atomic mass is 9.85. The smallest absolute Gasteiger partial charge is 0.408 e. The molecule has 1 amide bonds. The van der Waals surface area contributed by atoms with E-state index in [1.165, 1.54) is 0 Å². The Bertz CT molecular complexity index is 243. The lowest BCUT2D eigenvalue weighted by Gasteiger charge is -2.26. The molecule has 0 aromatic carbocycles. The summed E-state index contributed by atoms with van der Waals surface area (Å²) < 4.78 is 4.87. The zero-order valence-corrected chi connectivity index (χ0v) is 7.83. The fourth-order valence-corrected chi connectivity index (χ4v) is 1.29. The van der Waals surface area contributed by atoms with Gasteiger partial charge in [-0.25, -0.2) is 9.59 Å². The van der Waals surface area contributed by atoms with E-state index < -0.39 is 24.2 Å². The summed E-state index contributed by atoms with van der Waals surface area (Å²) in [6.07, 6.45) is -1.27. The van der Waals surface area contributed by atoms with Crippen LogP contribution in [0.15, 0.2) is 0 Å². The molecule has 2 atom stereocenters. The number of carbonyl (C=O) groups excluding carboxylic acids is 1. The summed E-state index contributed by atoms with van der Waals surface area (Å²) in [5.74, 6) is -1.06. The average Bonchev–Trinajstić information content (AvgIpc) is 2.29. The molecule has 1 rings (SSSR count). The summed E-state index contributed by atoms with van der Waals surface area (Å²) in [6.45, 7) is 5.48. The van der Waals surface area contributed by atoms with Gasteiger partial charge in [-0.05, 0) is 0 Å². The van der Waals surface area contributed by atoms with Crippen LogP contribution in [0.5, 0.6) is 0 Å². The summed E-state index contributed by atoms with van der Waals surface area (Å²) >= 11 is 0. The molecule has 0 unspecified atom stereocenters. The first kappa shape index (κ1) is 9.83. The van der Waals surface area contributed by atoms with Crippen LogP contribution in [0.1, 0.15) is 20.8 Å². The second-order valence-corrected chi connectivity index (χ2v) is 4.15. The molecule has 2 N–H and O–H groups in total. The minimum atomic E-state index is -1.06. The third-order valence-corrected chi connectivity index (χ3v) is 1.93. The molecule has 0 aliphatic carbocycles. The molecule has 0 radical (unpaired) electrons. The Morgan fingerprint density at radius 3 is 2.38 bits per heavy atom. The summed E-state index contributed by atoms with van der Waals surface area (Å²) in [5.41, 5.74) is -0.373. The number of rotatable bonds is 1. The van der Waals surface area contributed by atoms with Crippen LogP contribution in [0.3, 0.4) is 0 Å². The maximum absolute atomic E-state index is 10.8. The third-order valence-electron chi connectivity index (χ3n) is 1.93. The summed E-state index contributed by atoms with van der Waals surface area (Å²) in [5, 5.41) is 11.0. The van der Waals surface area contributed by atoms with Crippen LogP contribution in [0.4, 0.5) is 4.79 Å². The Hall–Kier alpha value is -1.26. The van der Waals surface area contributed by atoms with Gasteiger partial charge in [0, 0.05) is 5.41 Å². The molecule has 13 heavy (non-hydrogen) atoms. The Kier molecular flexibility index (Phi) is 2.19. The maximum atomic E-state index is 10.8. The second kappa shape index (κ2) is 2.90. The Morgan fingerprint density at radius 1 is 1.54 bits per heavy atom. The minimum Gasteiger partial charge on any atom is -0.480 e. The lowest BCUT2D eigenvalue weighted by molar-refractivity contribution is -0.141. The van der Waals surface area contributed by atoms with Gasteiger partial charge in [0.15, 0.2) is 6.04 Å². The van der Waals surface area contributed by atoms with Gasteiger partial charge in [-0.1, -0.05) is 20.8 Å². The van der Waals surface area contributed by atoms with Crippen molar-refractivity contribution < 1.29 is 19.4 Å². The zero-order chi connectivity index (χ0) is 10.2. The van der Waals surface area contributed by atoms with E-state index in [1.54, 1.807) is 0 Å². The van der Waals surface area contributed by atoms with E-state index in [4.69, 9.17) is 9.84 Å². The molecule has 0 aromatic rings. The molecule has 0 saturated carbocycles. The number of alkyl carbamates (subject to hydrolysis) is 1. The van der Waals surface area contributed by atoms with Gasteiger partial charge in [0.2, 0.25) is 0 Å². The van der Waals surface area contributed by atoms with Gasteiger partial charge in [-0.3, -0.25) is 0 Å². The van der Waals surface area contributed by atoms with E-state index >= 15 is 0 Å². The van der Waals surface area contributed by atoms with Gasteiger partial charge in [0.1, 0.15) is 6.10 Å². The predicted molar refractivity (Wildman–Crippen MR) is 44.3 cm³/mol. The van der Waals surface area contributed by atoms with E-state index in [1.807, 2.05) is 20.8 Å². The van der Waals surface area contributed by atoms with E-state index in [9.17, 15) is 9.59 Å². The topological polar surface area (TPSA) is 75.6 Å². The highest BCUT2D eigenvalue weighted by molar-refractivity contribution is 5.83. The van der Waals surface area contributed by atoms with Crippen molar-refractivity contribution in [1.82, 2.24) is 5.32 Å². The van der Waals surface area contributed by atoms with Crippen molar-refractivity contribution in [2.45, 2.75) is 32.9 Å². The highest BCUT2D eigenvalue weighted by atomic mass is 16.6. The summed E-state index contributed by atoms with van der Waals surface area (Å²) in [7, 11) is 0. The Morgan fingerprint density at radius 2 is 2.08 bits per heavy atom. The SMILES string of the molecule is CC(C)(C)[C@@H]1OC(=O)N[C@H]1C(=O)O. The largest absolute Gasteiger partial charge is 0.480 e. The number of ether oxygens (including phenoxy) is 1. The maximum Gasteiger partial charge on any atom is 0.408 e. The highest BCUT2D eigenvalue weighted by Crippen LogP contribution is 2.28. The molecule has 0 spiro atoms. The number of carbonyl (C=O) groups is 2. The van der Waals surface area contributed by atoms with Gasteiger partial charge in [0.05, 0.1) is 0 Å². The molecule has 1 saturated heterocycles. The van der Waals surface area contributed by atoms with Crippen molar-refractivity contribution in [2.75, 3.05) is 0 Å². The second-order valence-electron chi connectivity index (χ2n) is 4.15. The fraction of sp³-hybridized carbons (Fsp3) is 0.750. The van der Waals surface area contributed by atoms with E-state index in [-0.39, 0.29) is 5.41 Å². The zero-order valence-electron chi connectivity index (χ0n) is 7.83. The van der Waals surface area contributed by atoms with Crippen molar-refractivity contribution in [1.29, 1.82) is 0 Å². The molecule has 5 heteroatoms. The van der Waals surface area contributed by atoms with Crippen LogP contribution in [0.2, 0.25) is 0 Å². The molecule has 0 aromatic heterocycles. The number of carboxylic acids is 1. The average molecular weight is 187 g/mol. The van der Waals surface area contributed by atoms with Crippen molar-refractivity contribution in [2.24, 2.45) is 5.41 Å². The van der Waals surface area contributed by atoms with Gasteiger partial charge in [0.25, 0.3) is 0 Å². The monoisotopic (exact) mass is 187 g/mol. The summed E-state index contributed by atoms with van der Waals surface area (Å²) in [6, 6.07) is -0.938. The fourth-order valence-electron chi connectivity index (χ4n) is 1.29. The standard InChI is InChI=1S/C8H13NO4/c1-8(2,3)5-4(6(10)11)9-7(12)13-5/h4-5H,1-3H3,(H,9,12)(H,10,11)/t4-,5-/m1/s1. The van der Waals surface area contributed by atoms with Crippen LogP contribution in [0.25, 0.3) is 0 Å². The Labute approximate surface area is 76.1 Å². The van der Waals surface area contributed by atoms with Crippen LogP contribution in [-0.4, -0.2) is 29.3 Å². The predicted octanol–water partition coefficient (Wildman–Crippen LogP) is 0.594. The molecular weight excluding hydrogens is 174 g/mol. The quantitative estimate of drug-likeness (QED) is 0.630. The van der Waals surface area contributed by atoms with Crippen molar-refractivity contribution in [3.63, 3.8) is 0 Å². The van der Waals surface area contributed by atoms with Crippen LogP contribution >= 0.6 is 0 Å². The first-order valence-electron chi connectivity index (χ1n) is 4.02. The molecule has 1 fully saturated rings. The van der Waals surface area contributed by atoms with E-state index in [2.05, 4.69) is 5.32 Å². The van der Waals surface area contributed by atoms with Gasteiger partial charge in [-0.15, -0.1) is 0 Å². The molecule has 5 nitrogen and oxygen atoms in total. The minimum absolute atomic E-state index is 0.373. The highest BCUT2D eigenvalue weighted by Gasteiger charge is 2.45. The van der Waals surface area contributed by atoms with E-state index in [0.29, 0.717) is 0 Å². The van der Waals surface area contributed by atoms with Crippen molar-refractivity contribution in [3.8, 4) is 0 Å². The van der Waals surface area contributed by atoms with Crippen LogP contribution < -0.4 is 5.32 Å². The van der Waals surface area contributed by atoms with Gasteiger partial charge >= 0.3 is 12.1 Å². The molecule has 1 heterocycles. The Balaban J connectivity index is 2.84. The lowest BCUT2D eigenvalue weighted by Crippen LogP contribution is -2.45. The number of carboxylic acid groups (broad SMARTS) is 1. The molecule has 1 aliphatic heterocycles. The number of hydrogen-bond acceptors (Lipinski definition) is 3. The van der Waals surface area contributed by atoms with E-state index in [0.717, 1.165) is 0 Å². The number of hydrogen-bond donors (Lipinski definition) is 2. The number of aliphatic carboxylic acids is 1. The number of nitrogens with one attached hydrogen (secondary N) is 1. The molecule has 1 aliphatic rings. The van der Waals surface area contributed by atoms with Crippen LogP contribution in [0, 0.1) is 5.41 Å². The van der Waals surface area contributed by atoms with Gasteiger partial charge < -0.3 is 15.2 Å². The number of amides is 1. The van der Waals surface area contributed by atoms with Crippen molar-refractivity contribution in [3.05, 3.63) is 0 Å². The molecular formula is C8H13NO4. The number of cyclic esters (lactones) is 1. The first-order valence-corrected chi connectivity index (χ1v) is 4.02. The normalized spacial score (nSPS) is 28.1. The first-order chi connectivity index (χ1) is 5.82. The third kappa shape index (κ3) is 1.91. The van der Waals surface area contributed by atoms with Gasteiger partial charge in [-0.2, -0.15) is 0 Å². The van der Waals surface area contributed by atoms with Crippen LogP contribution in [-0.2, 0) is 9.53 Å². The molecule has 0 bridgehead atoms. The summed E-state index contributed by atoms with van der Waals surface area (Å²) in [4.78, 5) is 21.5. The van der Waals surface area contributed by atoms with Crippen molar-refractivity contribution >= 4 is 12.1 Å².